The number of aromatic nitrogens is 1. The summed E-state index contributed by atoms with van der Waals surface area (Å²) in [5.74, 6) is -0.850. The second kappa shape index (κ2) is 5.06. The van der Waals surface area contributed by atoms with Crippen LogP contribution in [0.15, 0.2) is 18.3 Å². The average Bonchev–Trinajstić information content (AvgIpc) is 2.28. The standard InChI is InChI=1S/C9H11N3O3/c1-10-12-8(13)6-3-4-7(11-5-6)9(14)15-2/h3-5,10H,1-2H3,(H,12,13). The van der Waals surface area contributed by atoms with Crippen molar-refractivity contribution in [3.63, 3.8) is 0 Å². The molecule has 1 heterocycles. The smallest absolute Gasteiger partial charge is 0.356 e. The highest BCUT2D eigenvalue weighted by Gasteiger charge is 2.09. The Bertz CT molecular complexity index is 361. The SMILES string of the molecule is CNNC(=O)c1ccc(C(=O)OC)nc1. The summed E-state index contributed by atoms with van der Waals surface area (Å²) < 4.78 is 4.47. The van der Waals surface area contributed by atoms with Gasteiger partial charge in [0.15, 0.2) is 0 Å². The average molecular weight is 209 g/mol. The summed E-state index contributed by atoms with van der Waals surface area (Å²) in [7, 11) is 2.85. The first kappa shape index (κ1) is 11.1. The first-order valence-corrected chi connectivity index (χ1v) is 4.20. The minimum atomic E-state index is -0.532. The van der Waals surface area contributed by atoms with Gasteiger partial charge in [-0.15, -0.1) is 0 Å². The van der Waals surface area contributed by atoms with Crippen LogP contribution in [0.25, 0.3) is 0 Å². The molecule has 0 bridgehead atoms. The Hall–Kier alpha value is -1.95. The quantitative estimate of drug-likeness (QED) is 0.529. The van der Waals surface area contributed by atoms with E-state index in [1.807, 2.05) is 0 Å². The Morgan fingerprint density at radius 2 is 2.13 bits per heavy atom. The molecule has 6 nitrogen and oxygen atoms in total. The predicted octanol–water partition coefficient (Wildman–Crippen LogP) is -0.268. The molecular formula is C9H11N3O3. The Kier molecular flexibility index (Phi) is 3.75. The van der Waals surface area contributed by atoms with Gasteiger partial charge in [0.25, 0.3) is 5.91 Å². The van der Waals surface area contributed by atoms with Crippen LogP contribution in [0.4, 0.5) is 0 Å². The summed E-state index contributed by atoms with van der Waals surface area (Å²) >= 11 is 0. The van der Waals surface area contributed by atoms with Gasteiger partial charge in [0.2, 0.25) is 0 Å². The molecule has 0 radical (unpaired) electrons. The molecule has 2 N–H and O–H groups in total. The van der Waals surface area contributed by atoms with E-state index in [0.717, 1.165) is 0 Å². The number of nitrogens with zero attached hydrogens (tertiary/aromatic N) is 1. The summed E-state index contributed by atoms with van der Waals surface area (Å²) in [4.78, 5) is 26.1. The predicted molar refractivity (Wildman–Crippen MR) is 52.1 cm³/mol. The highest BCUT2D eigenvalue weighted by atomic mass is 16.5. The van der Waals surface area contributed by atoms with Gasteiger partial charge >= 0.3 is 5.97 Å². The fraction of sp³-hybridized carbons (Fsp3) is 0.222. The fourth-order valence-electron chi connectivity index (χ4n) is 0.939. The first-order valence-electron chi connectivity index (χ1n) is 4.20. The molecule has 0 aromatic carbocycles. The second-order valence-corrected chi connectivity index (χ2v) is 2.63. The third-order valence-corrected chi connectivity index (χ3v) is 1.66. The fourth-order valence-corrected chi connectivity index (χ4v) is 0.939. The molecule has 80 valence electrons. The number of carbonyl (C=O) groups is 2. The molecule has 0 saturated carbocycles. The van der Waals surface area contributed by atoms with E-state index in [4.69, 9.17) is 0 Å². The van der Waals surface area contributed by atoms with Gasteiger partial charge in [-0.2, -0.15) is 0 Å². The van der Waals surface area contributed by atoms with Crippen molar-refractivity contribution in [1.82, 2.24) is 15.8 Å². The van der Waals surface area contributed by atoms with Crippen molar-refractivity contribution < 1.29 is 14.3 Å². The largest absolute Gasteiger partial charge is 0.464 e. The Morgan fingerprint density at radius 3 is 2.60 bits per heavy atom. The lowest BCUT2D eigenvalue weighted by Gasteiger charge is -2.02. The van der Waals surface area contributed by atoms with Gasteiger partial charge in [0, 0.05) is 13.2 Å². The number of amides is 1. The van der Waals surface area contributed by atoms with Crippen LogP contribution in [0.5, 0.6) is 0 Å². The van der Waals surface area contributed by atoms with E-state index < -0.39 is 5.97 Å². The maximum absolute atomic E-state index is 11.3. The lowest BCUT2D eigenvalue weighted by Crippen LogP contribution is -2.34. The number of esters is 1. The van der Waals surface area contributed by atoms with Gasteiger partial charge in [-0.3, -0.25) is 10.2 Å². The van der Waals surface area contributed by atoms with Gasteiger partial charge in [0.05, 0.1) is 12.7 Å². The molecule has 6 heteroatoms. The topological polar surface area (TPSA) is 80.3 Å². The van der Waals surface area contributed by atoms with Gasteiger partial charge in [-0.1, -0.05) is 0 Å². The van der Waals surface area contributed by atoms with Crippen LogP contribution in [-0.2, 0) is 4.74 Å². The zero-order valence-electron chi connectivity index (χ0n) is 8.40. The Balaban J connectivity index is 2.80. The molecule has 0 spiro atoms. The third-order valence-electron chi connectivity index (χ3n) is 1.66. The normalized spacial score (nSPS) is 9.47. The lowest BCUT2D eigenvalue weighted by atomic mass is 10.2. The van der Waals surface area contributed by atoms with Gasteiger partial charge < -0.3 is 4.74 Å². The Labute approximate surface area is 86.6 Å². The molecule has 1 aromatic heterocycles. The van der Waals surface area contributed by atoms with E-state index in [2.05, 4.69) is 20.6 Å². The number of carbonyl (C=O) groups excluding carboxylic acids is 2. The van der Waals surface area contributed by atoms with Crippen molar-refractivity contribution in [1.29, 1.82) is 0 Å². The molecule has 15 heavy (non-hydrogen) atoms. The molecular weight excluding hydrogens is 198 g/mol. The summed E-state index contributed by atoms with van der Waals surface area (Å²) in [5, 5.41) is 0. The summed E-state index contributed by atoms with van der Waals surface area (Å²) in [6, 6.07) is 2.92. The number of ether oxygens (including phenoxy) is 1. The van der Waals surface area contributed by atoms with Crippen molar-refractivity contribution in [3.05, 3.63) is 29.6 Å². The van der Waals surface area contributed by atoms with E-state index in [1.54, 1.807) is 7.05 Å². The van der Waals surface area contributed by atoms with Crippen LogP contribution in [-0.4, -0.2) is 31.0 Å². The van der Waals surface area contributed by atoms with Crippen LogP contribution in [0.2, 0.25) is 0 Å². The lowest BCUT2D eigenvalue weighted by molar-refractivity contribution is 0.0593. The monoisotopic (exact) mass is 209 g/mol. The molecule has 0 atom stereocenters. The van der Waals surface area contributed by atoms with Crippen molar-refractivity contribution in [2.75, 3.05) is 14.2 Å². The van der Waals surface area contributed by atoms with Gasteiger partial charge in [-0.25, -0.2) is 15.2 Å². The van der Waals surface area contributed by atoms with Crippen molar-refractivity contribution in [3.8, 4) is 0 Å². The van der Waals surface area contributed by atoms with E-state index in [1.165, 1.54) is 25.4 Å². The van der Waals surface area contributed by atoms with Crippen LogP contribution < -0.4 is 10.9 Å². The number of rotatable bonds is 3. The zero-order valence-corrected chi connectivity index (χ0v) is 8.40. The van der Waals surface area contributed by atoms with E-state index in [-0.39, 0.29) is 11.6 Å². The first-order chi connectivity index (χ1) is 7.19. The van der Waals surface area contributed by atoms with Crippen LogP contribution in [0.3, 0.4) is 0 Å². The molecule has 1 amide bonds. The van der Waals surface area contributed by atoms with E-state index >= 15 is 0 Å². The molecule has 1 aromatic rings. The van der Waals surface area contributed by atoms with Crippen molar-refractivity contribution in [2.24, 2.45) is 0 Å². The number of hydrazine groups is 1. The number of hydrogen-bond acceptors (Lipinski definition) is 5. The summed E-state index contributed by atoms with van der Waals surface area (Å²) in [6.07, 6.45) is 1.30. The number of pyridine rings is 1. The highest BCUT2D eigenvalue weighted by molar-refractivity contribution is 5.94. The number of hydrogen-bond donors (Lipinski definition) is 2. The molecule has 0 aliphatic heterocycles. The molecule has 0 fully saturated rings. The minimum Gasteiger partial charge on any atom is -0.464 e. The second-order valence-electron chi connectivity index (χ2n) is 2.63. The summed E-state index contributed by atoms with van der Waals surface area (Å²) in [6.45, 7) is 0. The molecule has 0 unspecified atom stereocenters. The molecule has 0 aliphatic rings. The van der Waals surface area contributed by atoms with E-state index in [9.17, 15) is 9.59 Å². The summed E-state index contributed by atoms with van der Waals surface area (Å²) in [5.41, 5.74) is 5.40. The van der Waals surface area contributed by atoms with Gasteiger partial charge in [0.1, 0.15) is 5.69 Å². The van der Waals surface area contributed by atoms with Crippen LogP contribution in [0, 0.1) is 0 Å². The maximum Gasteiger partial charge on any atom is 0.356 e. The van der Waals surface area contributed by atoms with E-state index in [0.29, 0.717) is 5.56 Å². The number of methoxy groups -OCH3 is 1. The third kappa shape index (κ3) is 2.75. The van der Waals surface area contributed by atoms with Crippen molar-refractivity contribution in [2.45, 2.75) is 0 Å². The van der Waals surface area contributed by atoms with Crippen LogP contribution in [0.1, 0.15) is 20.8 Å². The molecule has 0 saturated heterocycles. The molecule has 0 aliphatic carbocycles. The zero-order chi connectivity index (χ0) is 11.3. The Morgan fingerprint density at radius 1 is 1.40 bits per heavy atom. The highest BCUT2D eigenvalue weighted by Crippen LogP contribution is 2.01. The van der Waals surface area contributed by atoms with Crippen LogP contribution >= 0.6 is 0 Å². The minimum absolute atomic E-state index is 0.165. The maximum atomic E-state index is 11.3. The van der Waals surface area contributed by atoms with Gasteiger partial charge in [-0.05, 0) is 12.1 Å². The van der Waals surface area contributed by atoms with Crippen molar-refractivity contribution >= 4 is 11.9 Å². The number of nitrogens with one attached hydrogen (secondary N) is 2. The molecule has 1 rings (SSSR count).